The van der Waals surface area contributed by atoms with Crippen LogP contribution in [0, 0.1) is 11.6 Å². The minimum atomic E-state index is -0.789. The molecule has 1 aromatic heterocycles. The molecule has 0 radical (unpaired) electrons. The fourth-order valence-corrected chi connectivity index (χ4v) is 2.25. The van der Waals surface area contributed by atoms with Crippen LogP contribution in [0.4, 0.5) is 14.5 Å². The van der Waals surface area contributed by atoms with E-state index in [1.54, 1.807) is 7.05 Å². The summed E-state index contributed by atoms with van der Waals surface area (Å²) in [6.07, 6.45) is 0. The highest BCUT2D eigenvalue weighted by atomic mass is 19.1. The van der Waals surface area contributed by atoms with E-state index in [0.717, 1.165) is 12.1 Å². The lowest BCUT2D eigenvalue weighted by Gasteiger charge is -2.08. The highest BCUT2D eigenvalue weighted by molar-refractivity contribution is 6.04. The van der Waals surface area contributed by atoms with Crippen molar-refractivity contribution in [1.82, 2.24) is 9.78 Å². The maximum atomic E-state index is 13.4. The Morgan fingerprint density at radius 3 is 2.61 bits per heavy atom. The van der Waals surface area contributed by atoms with Gasteiger partial charge in [-0.15, -0.1) is 0 Å². The van der Waals surface area contributed by atoms with Crippen molar-refractivity contribution < 1.29 is 13.6 Å². The minimum Gasteiger partial charge on any atom is -0.320 e. The Kier molecular flexibility index (Phi) is 3.61. The number of benzene rings is 2. The third kappa shape index (κ3) is 2.80. The zero-order valence-corrected chi connectivity index (χ0v) is 12.0. The topological polar surface area (TPSA) is 64.0 Å². The number of aryl methyl sites for hydroxylation is 1. The molecule has 1 heterocycles. The molecule has 3 rings (SSSR count). The molecule has 0 aliphatic heterocycles. The summed E-state index contributed by atoms with van der Waals surface area (Å²) in [5, 5.41) is 6.37. The Balaban J connectivity index is 2.07. The summed E-state index contributed by atoms with van der Waals surface area (Å²) in [6.45, 7) is 0. The van der Waals surface area contributed by atoms with Gasteiger partial charge in [-0.05, 0) is 36.4 Å². The molecule has 1 amide bonds. The number of halogens is 2. The summed E-state index contributed by atoms with van der Waals surface area (Å²) in [5.74, 6) is -1.90. The lowest BCUT2D eigenvalue weighted by molar-refractivity contribution is 0.101. The molecule has 0 spiro atoms. The first-order chi connectivity index (χ1) is 11.0. The van der Waals surface area contributed by atoms with E-state index in [-0.39, 0.29) is 11.1 Å². The van der Waals surface area contributed by atoms with E-state index in [2.05, 4.69) is 10.4 Å². The number of carbonyl (C=O) groups is 1. The van der Waals surface area contributed by atoms with E-state index >= 15 is 0 Å². The molecular formula is C16H11F2N3O2. The molecule has 0 saturated carbocycles. The van der Waals surface area contributed by atoms with Crippen LogP contribution in [-0.2, 0) is 7.05 Å². The van der Waals surface area contributed by atoms with Gasteiger partial charge in [0.25, 0.3) is 5.91 Å². The average molecular weight is 315 g/mol. The smallest absolute Gasteiger partial charge is 0.280 e. The van der Waals surface area contributed by atoms with Gasteiger partial charge in [-0.1, -0.05) is 6.07 Å². The third-order valence-electron chi connectivity index (χ3n) is 3.31. The summed E-state index contributed by atoms with van der Waals surface area (Å²) >= 11 is 0. The molecule has 23 heavy (non-hydrogen) atoms. The van der Waals surface area contributed by atoms with Gasteiger partial charge in [-0.2, -0.15) is 5.10 Å². The monoisotopic (exact) mass is 315 g/mol. The largest absolute Gasteiger partial charge is 0.320 e. The van der Waals surface area contributed by atoms with Crippen LogP contribution in [0.3, 0.4) is 0 Å². The van der Waals surface area contributed by atoms with Crippen molar-refractivity contribution in [3.05, 3.63) is 70.0 Å². The van der Waals surface area contributed by atoms with Crippen LogP contribution >= 0.6 is 0 Å². The average Bonchev–Trinajstić information content (AvgIpc) is 2.50. The zero-order chi connectivity index (χ0) is 16.6. The second-order valence-corrected chi connectivity index (χ2v) is 4.93. The predicted octanol–water partition coefficient (Wildman–Crippen LogP) is 2.46. The van der Waals surface area contributed by atoms with Gasteiger partial charge < -0.3 is 5.32 Å². The number of fused-ring (bicyclic) bond motifs is 1. The van der Waals surface area contributed by atoms with Crippen molar-refractivity contribution in [2.24, 2.45) is 7.05 Å². The summed E-state index contributed by atoms with van der Waals surface area (Å²) in [7, 11) is 1.54. The van der Waals surface area contributed by atoms with Gasteiger partial charge >= 0.3 is 0 Å². The maximum absolute atomic E-state index is 13.4. The summed E-state index contributed by atoms with van der Waals surface area (Å²) in [4.78, 5) is 24.6. The van der Waals surface area contributed by atoms with Crippen molar-refractivity contribution in [1.29, 1.82) is 0 Å². The highest BCUT2D eigenvalue weighted by Gasteiger charge is 2.17. The van der Waals surface area contributed by atoms with Crippen molar-refractivity contribution in [3.8, 4) is 0 Å². The predicted molar refractivity (Wildman–Crippen MR) is 81.3 cm³/mol. The number of rotatable bonds is 2. The molecule has 5 nitrogen and oxygen atoms in total. The van der Waals surface area contributed by atoms with Crippen molar-refractivity contribution >= 4 is 22.5 Å². The second-order valence-electron chi connectivity index (χ2n) is 4.93. The molecule has 0 bridgehead atoms. The van der Waals surface area contributed by atoms with Crippen LogP contribution < -0.4 is 10.7 Å². The van der Waals surface area contributed by atoms with Crippen LogP contribution in [0.2, 0.25) is 0 Å². The lowest BCUT2D eigenvalue weighted by atomic mass is 10.2. The minimum absolute atomic E-state index is 0.0480. The van der Waals surface area contributed by atoms with E-state index in [1.165, 1.54) is 35.0 Å². The van der Waals surface area contributed by atoms with Gasteiger partial charge in [0, 0.05) is 12.7 Å². The number of carbonyl (C=O) groups excluding carboxylic acids is 1. The van der Waals surface area contributed by atoms with Gasteiger partial charge in [-0.25, -0.2) is 8.78 Å². The quantitative estimate of drug-likeness (QED) is 0.790. The van der Waals surface area contributed by atoms with Crippen LogP contribution in [0.15, 0.2) is 47.3 Å². The highest BCUT2D eigenvalue weighted by Crippen LogP contribution is 2.13. The molecule has 0 aliphatic rings. The molecule has 2 aromatic carbocycles. The van der Waals surface area contributed by atoms with Gasteiger partial charge in [0.05, 0.1) is 10.9 Å². The normalized spacial score (nSPS) is 10.7. The lowest BCUT2D eigenvalue weighted by Crippen LogP contribution is -2.26. The van der Waals surface area contributed by atoms with Crippen molar-refractivity contribution in [3.63, 3.8) is 0 Å². The van der Waals surface area contributed by atoms with Crippen LogP contribution in [0.25, 0.3) is 10.9 Å². The first-order valence-electron chi connectivity index (χ1n) is 6.69. The standard InChI is InChI=1S/C16H11F2N3O2/c1-21-13-6-5-10(18)8-12(13)15(22)14(20-21)16(23)19-11-4-2-3-9(17)7-11/h2-8H,1H3,(H,19,23). The second kappa shape index (κ2) is 5.60. The Bertz CT molecular complexity index is 983. The van der Waals surface area contributed by atoms with Gasteiger partial charge in [0.15, 0.2) is 5.69 Å². The molecule has 3 aromatic rings. The van der Waals surface area contributed by atoms with Crippen molar-refractivity contribution in [2.75, 3.05) is 5.32 Å². The van der Waals surface area contributed by atoms with Crippen molar-refractivity contribution in [2.45, 2.75) is 0 Å². The van der Waals surface area contributed by atoms with Gasteiger partial charge in [-0.3, -0.25) is 14.3 Å². The summed E-state index contributed by atoms with van der Waals surface area (Å²) in [6, 6.07) is 8.91. The molecule has 0 unspecified atom stereocenters. The van der Waals surface area contributed by atoms with E-state index in [1.807, 2.05) is 0 Å². The van der Waals surface area contributed by atoms with E-state index in [0.29, 0.717) is 5.52 Å². The number of nitrogens with zero attached hydrogens (tertiary/aromatic N) is 2. The summed E-state index contributed by atoms with van der Waals surface area (Å²) in [5.41, 5.74) is -0.488. The Hall–Kier alpha value is -3.09. The van der Waals surface area contributed by atoms with E-state index in [9.17, 15) is 18.4 Å². The Morgan fingerprint density at radius 1 is 1.13 bits per heavy atom. The molecule has 0 saturated heterocycles. The maximum Gasteiger partial charge on any atom is 0.280 e. The molecule has 0 atom stereocenters. The van der Waals surface area contributed by atoms with Gasteiger partial charge in [0.1, 0.15) is 11.6 Å². The number of nitrogens with one attached hydrogen (secondary N) is 1. The number of hydrogen-bond acceptors (Lipinski definition) is 3. The SMILES string of the molecule is Cn1nc(C(=O)Nc2cccc(F)c2)c(=O)c2cc(F)ccc21. The van der Waals surface area contributed by atoms with Crippen LogP contribution in [-0.4, -0.2) is 15.7 Å². The number of aromatic nitrogens is 2. The number of anilines is 1. The number of hydrogen-bond donors (Lipinski definition) is 1. The van der Waals surface area contributed by atoms with E-state index < -0.39 is 28.7 Å². The molecular weight excluding hydrogens is 304 g/mol. The number of amides is 1. The van der Waals surface area contributed by atoms with Crippen LogP contribution in [0.5, 0.6) is 0 Å². The molecule has 0 fully saturated rings. The molecule has 116 valence electrons. The fourth-order valence-electron chi connectivity index (χ4n) is 2.25. The fraction of sp³-hybridized carbons (Fsp3) is 0.0625. The van der Waals surface area contributed by atoms with E-state index in [4.69, 9.17) is 0 Å². The summed E-state index contributed by atoms with van der Waals surface area (Å²) < 4.78 is 27.8. The van der Waals surface area contributed by atoms with Gasteiger partial charge in [0.2, 0.25) is 5.43 Å². The van der Waals surface area contributed by atoms with Crippen LogP contribution in [0.1, 0.15) is 10.5 Å². The zero-order valence-electron chi connectivity index (χ0n) is 12.0. The first-order valence-corrected chi connectivity index (χ1v) is 6.69. The molecule has 0 aliphatic carbocycles. The molecule has 1 N–H and O–H groups in total. The molecule has 7 heteroatoms. The Morgan fingerprint density at radius 2 is 1.87 bits per heavy atom. The first kappa shape index (κ1) is 14.8. The third-order valence-corrected chi connectivity index (χ3v) is 3.31. The Labute approximate surface area is 129 Å².